The van der Waals surface area contributed by atoms with Crippen LogP contribution in [-0.2, 0) is 48.2 Å². The molecule has 1 saturated heterocycles. The Kier molecular flexibility index (Phi) is 16.7. The third kappa shape index (κ3) is 11.2. The summed E-state index contributed by atoms with van der Waals surface area (Å²) in [4.78, 5) is 46.3. The number of rotatable bonds is 23. The van der Waals surface area contributed by atoms with Gasteiger partial charge in [-0.05, 0) is 124 Å². The molecule has 380 valence electrons. The third-order valence-electron chi connectivity index (χ3n) is 16.0. The van der Waals surface area contributed by atoms with Crippen LogP contribution in [0.15, 0.2) is 36.0 Å². The van der Waals surface area contributed by atoms with E-state index in [2.05, 4.69) is 43.0 Å². The standard InChI is InChI=1S/C51H72N2O14P2/c1-4-16-47-65-46-29-42-41-23-22-36-27-43-35(30-49(36,2)48(41)44(56)31-50(42,3)51(46,66-47)45(57)33-54)32-52-53(43)37-17-14-21-40(28-37)62-24-12-8-9-13-26-68(58,59)67-69(60,61)64-25-15-18-38(55)34-63-39-19-10-6-5-7-11-20-39/h14,17,21,27-28,32,39,41-42,44,46-48,54,56H,4-10,12-13,15-16,18-19,22-26,29-31,33-34H2,1-3H3,(H,58,59)(H,60,61)/t39?,41-,42-,44-,46+,47?,48+,49-,50-,51+/m0/s1. The summed E-state index contributed by atoms with van der Waals surface area (Å²) in [5.41, 5.74) is 2.02. The molecule has 6 aliphatic rings. The number of Topliss-reactive ketones (excluding diaryl/α,β-unsaturated/α-hetero) is 2. The molecule has 12 atom stereocenters. The molecule has 18 heteroatoms. The van der Waals surface area contributed by atoms with Crippen molar-refractivity contribution < 1.29 is 66.5 Å². The Labute approximate surface area is 406 Å². The number of ketones is 2. The van der Waals surface area contributed by atoms with Crippen molar-refractivity contribution in [2.75, 3.05) is 32.6 Å². The first kappa shape index (κ1) is 52.3. The molecule has 4 fully saturated rings. The molecular weight excluding hydrogens is 927 g/mol. The van der Waals surface area contributed by atoms with Crippen LogP contribution in [0.1, 0.15) is 141 Å². The Bertz CT molecular complexity index is 2360. The minimum absolute atomic E-state index is 0.0288. The van der Waals surface area contributed by atoms with Gasteiger partial charge >= 0.3 is 15.4 Å². The van der Waals surface area contributed by atoms with Crippen LogP contribution in [0.2, 0.25) is 0 Å². The normalized spacial score (nSPS) is 33.1. The SMILES string of the molecule is CCCC1O[C@@H]2C[C@H]3[C@@H]4CCC5=Cc6c(cnn6-c6cccc(OCCCCCCP(=O)(O)OP(=O)(O)OCCCC(=O)COC7C#CCCCCC7)c6)C[C@]5(C)[C@H]4[C@@H](O)C[C@]3(C)[C@]2(C(=O)CO)O1. The first-order valence-corrected chi connectivity index (χ1v) is 28.6. The summed E-state index contributed by atoms with van der Waals surface area (Å²) in [6.45, 7) is 5.83. The van der Waals surface area contributed by atoms with E-state index in [9.17, 15) is 38.7 Å². The van der Waals surface area contributed by atoms with E-state index in [-0.39, 0.29) is 73.1 Å². The van der Waals surface area contributed by atoms with Gasteiger partial charge in [-0.1, -0.05) is 64.0 Å². The van der Waals surface area contributed by atoms with E-state index < -0.39 is 51.5 Å². The Hall–Kier alpha value is -3.03. The van der Waals surface area contributed by atoms with E-state index in [1.165, 1.54) is 5.57 Å². The van der Waals surface area contributed by atoms with Gasteiger partial charge in [0, 0.05) is 24.3 Å². The van der Waals surface area contributed by atoms with Crippen LogP contribution >= 0.6 is 15.4 Å². The molecule has 8 rings (SSSR count). The molecule has 3 saturated carbocycles. The maximum absolute atomic E-state index is 13.7. The van der Waals surface area contributed by atoms with E-state index in [1.807, 2.05) is 35.1 Å². The smallest absolute Gasteiger partial charge is 0.479 e. The Morgan fingerprint density at radius 1 is 1.04 bits per heavy atom. The first-order chi connectivity index (χ1) is 33.0. The lowest BCUT2D eigenvalue weighted by Gasteiger charge is -2.60. The summed E-state index contributed by atoms with van der Waals surface area (Å²) < 4.78 is 61.2. The molecule has 2 heterocycles. The molecule has 4 N–H and O–H groups in total. The highest BCUT2D eigenvalue weighted by Gasteiger charge is 2.75. The van der Waals surface area contributed by atoms with Gasteiger partial charge in [-0.2, -0.15) is 5.10 Å². The second-order valence-corrected chi connectivity index (χ2v) is 24.2. The molecule has 1 aromatic carbocycles. The molecule has 0 radical (unpaired) electrons. The zero-order valence-corrected chi connectivity index (χ0v) is 42.2. The molecular formula is C51H72N2O14P2. The van der Waals surface area contributed by atoms with E-state index in [0.29, 0.717) is 57.3 Å². The zero-order chi connectivity index (χ0) is 49.0. The van der Waals surface area contributed by atoms with Gasteiger partial charge in [-0.15, -0.1) is 5.92 Å². The van der Waals surface area contributed by atoms with Gasteiger partial charge < -0.3 is 38.9 Å². The number of ether oxygens (including phenoxy) is 4. The quantitative estimate of drug-likeness (QED) is 0.0466. The van der Waals surface area contributed by atoms with Crippen molar-refractivity contribution in [1.29, 1.82) is 0 Å². The fourth-order valence-electron chi connectivity index (χ4n) is 12.9. The number of unbranched alkanes of at least 4 members (excludes halogenated alkanes) is 3. The molecule has 4 unspecified atom stereocenters. The number of allylic oxidation sites excluding steroid dienone is 1. The fraction of sp³-hybridized carbons (Fsp3) is 0.706. The second-order valence-electron chi connectivity index (χ2n) is 20.6. The van der Waals surface area contributed by atoms with Crippen molar-refractivity contribution in [1.82, 2.24) is 9.78 Å². The highest BCUT2D eigenvalue weighted by Crippen LogP contribution is 2.70. The number of aliphatic hydroxyl groups excluding tert-OH is 2. The van der Waals surface area contributed by atoms with Crippen molar-refractivity contribution in [3.05, 3.63) is 47.3 Å². The van der Waals surface area contributed by atoms with Crippen molar-refractivity contribution in [3.8, 4) is 23.3 Å². The number of phosphoric ester groups is 1. The van der Waals surface area contributed by atoms with Gasteiger partial charge in [0.25, 0.3) is 0 Å². The average molecular weight is 999 g/mol. The van der Waals surface area contributed by atoms with Gasteiger partial charge in [0.1, 0.15) is 25.1 Å². The molecule has 16 nitrogen and oxygen atoms in total. The number of aromatic nitrogens is 2. The van der Waals surface area contributed by atoms with Gasteiger partial charge in [-0.25, -0.2) is 13.6 Å². The van der Waals surface area contributed by atoms with Crippen LogP contribution in [0.5, 0.6) is 5.75 Å². The molecule has 69 heavy (non-hydrogen) atoms. The molecule has 1 aliphatic heterocycles. The number of carbonyl (C=O) groups excluding carboxylic acids is 2. The molecule has 0 bridgehead atoms. The van der Waals surface area contributed by atoms with Crippen LogP contribution in [0, 0.1) is 40.4 Å². The van der Waals surface area contributed by atoms with E-state index in [1.54, 1.807) is 0 Å². The van der Waals surface area contributed by atoms with Gasteiger partial charge in [-0.3, -0.25) is 18.7 Å². The lowest BCUT2D eigenvalue weighted by molar-refractivity contribution is -0.202. The maximum Gasteiger partial charge on any atom is 0.479 e. The highest BCUT2D eigenvalue weighted by atomic mass is 31.3. The minimum atomic E-state index is -4.82. The van der Waals surface area contributed by atoms with Gasteiger partial charge in [0.2, 0.25) is 0 Å². The highest BCUT2D eigenvalue weighted by molar-refractivity contribution is 7.64. The van der Waals surface area contributed by atoms with Crippen molar-refractivity contribution in [3.63, 3.8) is 0 Å². The maximum atomic E-state index is 13.7. The number of nitrogens with zero attached hydrogens (tertiary/aromatic N) is 2. The van der Waals surface area contributed by atoms with Crippen LogP contribution in [0.25, 0.3) is 11.8 Å². The van der Waals surface area contributed by atoms with Gasteiger partial charge in [0.15, 0.2) is 23.5 Å². The first-order valence-electron chi connectivity index (χ1n) is 25.3. The van der Waals surface area contributed by atoms with Crippen LogP contribution in [0.4, 0.5) is 0 Å². The largest absolute Gasteiger partial charge is 0.494 e. The number of hydrogen-bond acceptors (Lipinski definition) is 13. The fourth-order valence-corrected chi connectivity index (χ4v) is 15.7. The molecule has 2 aromatic rings. The summed E-state index contributed by atoms with van der Waals surface area (Å²) in [5, 5.41) is 27.3. The lowest BCUT2D eigenvalue weighted by atomic mass is 9.45. The predicted molar refractivity (Wildman–Crippen MR) is 256 cm³/mol. The molecule has 5 aliphatic carbocycles. The van der Waals surface area contributed by atoms with E-state index >= 15 is 0 Å². The topological polar surface area (TPSA) is 222 Å². The molecule has 0 spiro atoms. The predicted octanol–water partition coefficient (Wildman–Crippen LogP) is 8.44. The van der Waals surface area contributed by atoms with E-state index in [0.717, 1.165) is 74.7 Å². The zero-order valence-electron chi connectivity index (χ0n) is 40.4. The number of aliphatic hydroxyl groups is 2. The van der Waals surface area contributed by atoms with Crippen LogP contribution in [0.3, 0.4) is 0 Å². The minimum Gasteiger partial charge on any atom is -0.494 e. The summed E-state index contributed by atoms with van der Waals surface area (Å²) >= 11 is 0. The third-order valence-corrected chi connectivity index (χ3v) is 19.3. The average Bonchev–Trinajstić information content (AvgIpc) is 3.94. The lowest BCUT2D eigenvalue weighted by Crippen LogP contribution is -2.64. The van der Waals surface area contributed by atoms with Gasteiger partial charge in [0.05, 0.1) is 49.2 Å². The summed E-state index contributed by atoms with van der Waals surface area (Å²) in [5.74, 6) is 6.48. The number of phosphoric acid groups is 1. The Morgan fingerprint density at radius 3 is 2.68 bits per heavy atom. The van der Waals surface area contributed by atoms with Crippen molar-refractivity contribution in [2.24, 2.45) is 28.6 Å². The summed E-state index contributed by atoms with van der Waals surface area (Å²) in [6, 6.07) is 7.76. The van der Waals surface area contributed by atoms with E-state index in [4.69, 9.17) is 28.6 Å². The molecule has 1 aromatic heterocycles. The van der Waals surface area contributed by atoms with Crippen molar-refractivity contribution in [2.45, 2.75) is 167 Å². The Morgan fingerprint density at radius 2 is 1.87 bits per heavy atom. The monoisotopic (exact) mass is 998 g/mol. The molecule has 0 amide bonds. The van der Waals surface area contributed by atoms with Crippen molar-refractivity contribution >= 4 is 33.1 Å². The van der Waals surface area contributed by atoms with Crippen LogP contribution < -0.4 is 4.74 Å². The van der Waals surface area contributed by atoms with Crippen LogP contribution in [-0.4, -0.2) is 104 Å². The number of benzene rings is 1. The number of fused-ring (bicyclic) bond motifs is 8. The second kappa shape index (κ2) is 22.0. The summed E-state index contributed by atoms with van der Waals surface area (Å²) in [6.07, 6.45) is 14.2. The number of hydrogen-bond donors (Lipinski definition) is 4. The summed E-state index contributed by atoms with van der Waals surface area (Å²) in [7, 11) is -9.23. The Balaban J connectivity index is 0.780. The number of carbonyl (C=O) groups is 2.